The largest absolute Gasteiger partial charge is 0.472 e. The lowest BCUT2D eigenvalue weighted by Crippen LogP contribution is -2.38. The molecular formula is C19H17N5O3S. The maximum Gasteiger partial charge on any atom is 0.274 e. The Hall–Kier alpha value is -3.20. The molecule has 9 heteroatoms. The summed E-state index contributed by atoms with van der Waals surface area (Å²) in [5.74, 6) is 1.17. The predicted molar refractivity (Wildman–Crippen MR) is 102 cm³/mol. The van der Waals surface area contributed by atoms with E-state index in [1.807, 2.05) is 28.5 Å². The van der Waals surface area contributed by atoms with Crippen LogP contribution in [0.5, 0.6) is 0 Å². The first-order valence-corrected chi connectivity index (χ1v) is 9.90. The van der Waals surface area contributed by atoms with Gasteiger partial charge < -0.3 is 13.7 Å². The Bertz CT molecular complexity index is 1060. The molecule has 28 heavy (non-hydrogen) atoms. The number of aromatic nitrogens is 4. The summed E-state index contributed by atoms with van der Waals surface area (Å²) in [6.45, 7) is 1.27. The van der Waals surface area contributed by atoms with Gasteiger partial charge in [-0.3, -0.25) is 9.89 Å². The fourth-order valence-corrected chi connectivity index (χ4v) is 4.08. The Labute approximate surface area is 164 Å². The van der Waals surface area contributed by atoms with E-state index in [0.717, 1.165) is 29.0 Å². The zero-order valence-corrected chi connectivity index (χ0v) is 15.7. The number of amides is 1. The number of aromatic amines is 1. The van der Waals surface area contributed by atoms with Gasteiger partial charge in [-0.1, -0.05) is 6.07 Å². The summed E-state index contributed by atoms with van der Waals surface area (Å²) in [4.78, 5) is 15.7. The number of carbonyl (C=O) groups excluding carboxylic acids is 1. The topological polar surface area (TPSA) is 101 Å². The van der Waals surface area contributed by atoms with Crippen LogP contribution in [0.1, 0.15) is 35.1 Å². The van der Waals surface area contributed by atoms with Crippen molar-refractivity contribution in [2.24, 2.45) is 0 Å². The summed E-state index contributed by atoms with van der Waals surface area (Å²) in [6.07, 6.45) is 4.71. The first-order chi connectivity index (χ1) is 13.8. The maximum absolute atomic E-state index is 12.8. The summed E-state index contributed by atoms with van der Waals surface area (Å²) in [5.41, 5.74) is 2.08. The normalized spacial score (nSPS) is 15.2. The van der Waals surface area contributed by atoms with Gasteiger partial charge in [-0.2, -0.15) is 5.10 Å². The van der Waals surface area contributed by atoms with Crippen molar-refractivity contribution in [3.8, 4) is 22.0 Å². The van der Waals surface area contributed by atoms with Crippen LogP contribution in [0.3, 0.4) is 0 Å². The maximum atomic E-state index is 12.8. The number of rotatable bonds is 4. The highest BCUT2D eigenvalue weighted by atomic mass is 32.1. The van der Waals surface area contributed by atoms with E-state index in [0.29, 0.717) is 30.6 Å². The monoisotopic (exact) mass is 395 g/mol. The fraction of sp³-hybridized carbons (Fsp3) is 0.263. The van der Waals surface area contributed by atoms with Gasteiger partial charge >= 0.3 is 0 Å². The van der Waals surface area contributed by atoms with Crippen molar-refractivity contribution in [1.82, 2.24) is 25.3 Å². The van der Waals surface area contributed by atoms with Gasteiger partial charge in [-0.05, 0) is 36.4 Å². The van der Waals surface area contributed by atoms with Crippen LogP contribution in [0.15, 0.2) is 51.0 Å². The fourth-order valence-electron chi connectivity index (χ4n) is 3.38. The molecule has 0 radical (unpaired) electrons. The van der Waals surface area contributed by atoms with Gasteiger partial charge in [0.2, 0.25) is 5.89 Å². The molecule has 1 amide bonds. The van der Waals surface area contributed by atoms with Crippen molar-refractivity contribution in [2.45, 2.75) is 18.8 Å². The molecule has 4 aromatic rings. The van der Waals surface area contributed by atoms with Crippen LogP contribution in [0.25, 0.3) is 22.0 Å². The number of nitrogens with one attached hydrogen (secondary N) is 1. The van der Waals surface area contributed by atoms with E-state index in [1.165, 1.54) is 0 Å². The second-order valence-electron chi connectivity index (χ2n) is 6.67. The van der Waals surface area contributed by atoms with Crippen molar-refractivity contribution < 1.29 is 13.6 Å². The lowest BCUT2D eigenvalue weighted by atomic mass is 9.96. The van der Waals surface area contributed by atoms with Gasteiger partial charge in [0, 0.05) is 19.0 Å². The molecule has 1 N–H and O–H groups in total. The first kappa shape index (κ1) is 16.9. The van der Waals surface area contributed by atoms with E-state index in [-0.39, 0.29) is 11.8 Å². The molecule has 4 aromatic heterocycles. The van der Waals surface area contributed by atoms with E-state index in [2.05, 4.69) is 20.4 Å². The minimum atomic E-state index is -0.0536. The SMILES string of the molecule is O=C(c1cc(-c2cccs2)[nH]n1)N1CCC(c2nnc(-c3ccoc3)o2)CC1. The number of carbonyl (C=O) groups is 1. The van der Waals surface area contributed by atoms with Crippen molar-refractivity contribution in [2.75, 3.05) is 13.1 Å². The average Bonchev–Trinajstić information content (AvgIpc) is 3.52. The van der Waals surface area contributed by atoms with Gasteiger partial charge in [0.15, 0.2) is 5.69 Å². The van der Waals surface area contributed by atoms with Crippen LogP contribution in [0.4, 0.5) is 0 Å². The molecule has 1 saturated heterocycles. The Morgan fingerprint density at radius 3 is 2.89 bits per heavy atom. The number of thiophene rings is 1. The molecule has 1 aliphatic rings. The molecule has 0 aliphatic carbocycles. The molecule has 0 atom stereocenters. The molecule has 1 aliphatic heterocycles. The van der Waals surface area contributed by atoms with E-state index < -0.39 is 0 Å². The van der Waals surface area contributed by atoms with Crippen LogP contribution in [0, 0.1) is 0 Å². The van der Waals surface area contributed by atoms with Crippen LogP contribution in [0.2, 0.25) is 0 Å². The standard InChI is InChI=1S/C19H17N5O3S/c25-19(15-10-14(20-21-15)16-2-1-9-28-16)24-6-3-12(4-7-24)17-22-23-18(27-17)13-5-8-26-11-13/h1-2,5,8-12H,3-4,6-7H2,(H,20,21). The zero-order valence-electron chi connectivity index (χ0n) is 14.9. The number of hydrogen-bond acceptors (Lipinski definition) is 7. The van der Waals surface area contributed by atoms with Crippen molar-refractivity contribution >= 4 is 17.2 Å². The first-order valence-electron chi connectivity index (χ1n) is 9.02. The molecule has 5 rings (SSSR count). The van der Waals surface area contributed by atoms with E-state index in [1.54, 1.807) is 29.9 Å². The number of nitrogens with zero attached hydrogens (tertiary/aromatic N) is 4. The second kappa shape index (κ2) is 7.08. The molecule has 0 bridgehead atoms. The number of likely N-dealkylation sites (tertiary alicyclic amines) is 1. The molecule has 0 saturated carbocycles. The summed E-state index contributed by atoms with van der Waals surface area (Å²) >= 11 is 1.61. The van der Waals surface area contributed by atoms with Crippen molar-refractivity contribution in [3.63, 3.8) is 0 Å². The third kappa shape index (κ3) is 3.13. The van der Waals surface area contributed by atoms with Crippen LogP contribution in [-0.4, -0.2) is 44.3 Å². The van der Waals surface area contributed by atoms with Crippen LogP contribution >= 0.6 is 11.3 Å². The lowest BCUT2D eigenvalue weighted by Gasteiger charge is -2.29. The molecule has 1 fully saturated rings. The number of hydrogen-bond donors (Lipinski definition) is 1. The average molecular weight is 395 g/mol. The summed E-state index contributed by atoms with van der Waals surface area (Å²) in [5, 5.41) is 17.4. The Morgan fingerprint density at radius 1 is 1.25 bits per heavy atom. The van der Waals surface area contributed by atoms with E-state index in [4.69, 9.17) is 8.83 Å². The molecule has 0 aromatic carbocycles. The smallest absolute Gasteiger partial charge is 0.274 e. The summed E-state index contributed by atoms with van der Waals surface area (Å²) in [7, 11) is 0. The summed E-state index contributed by atoms with van der Waals surface area (Å²) < 4.78 is 10.8. The number of piperidine rings is 1. The third-order valence-electron chi connectivity index (χ3n) is 4.92. The quantitative estimate of drug-likeness (QED) is 0.564. The molecule has 142 valence electrons. The lowest BCUT2D eigenvalue weighted by molar-refractivity contribution is 0.0700. The minimum Gasteiger partial charge on any atom is -0.472 e. The van der Waals surface area contributed by atoms with E-state index >= 15 is 0 Å². The van der Waals surface area contributed by atoms with Crippen molar-refractivity contribution in [1.29, 1.82) is 0 Å². The number of furan rings is 1. The van der Waals surface area contributed by atoms with Gasteiger partial charge in [0.25, 0.3) is 11.8 Å². The molecule has 0 unspecified atom stereocenters. The van der Waals surface area contributed by atoms with Crippen molar-refractivity contribution in [3.05, 3.63) is 53.8 Å². The van der Waals surface area contributed by atoms with Crippen LogP contribution < -0.4 is 0 Å². The predicted octanol–water partition coefficient (Wildman–Crippen LogP) is 3.80. The Balaban J connectivity index is 1.23. The molecule has 8 nitrogen and oxygen atoms in total. The summed E-state index contributed by atoms with van der Waals surface area (Å²) in [6, 6.07) is 7.57. The molecule has 0 spiro atoms. The minimum absolute atomic E-state index is 0.0536. The van der Waals surface area contributed by atoms with Gasteiger partial charge in [-0.25, -0.2) is 0 Å². The highest BCUT2D eigenvalue weighted by Gasteiger charge is 2.29. The Morgan fingerprint density at radius 2 is 2.14 bits per heavy atom. The highest BCUT2D eigenvalue weighted by molar-refractivity contribution is 7.13. The second-order valence-corrected chi connectivity index (χ2v) is 7.62. The van der Waals surface area contributed by atoms with E-state index in [9.17, 15) is 4.79 Å². The van der Waals surface area contributed by atoms with Gasteiger partial charge in [-0.15, -0.1) is 21.5 Å². The van der Waals surface area contributed by atoms with Crippen LogP contribution in [-0.2, 0) is 0 Å². The Kier molecular flexibility index (Phi) is 4.28. The number of H-pyrrole nitrogens is 1. The highest BCUT2D eigenvalue weighted by Crippen LogP contribution is 2.30. The zero-order chi connectivity index (χ0) is 18.9. The van der Waals surface area contributed by atoms with Gasteiger partial charge in [0.1, 0.15) is 6.26 Å². The third-order valence-corrected chi connectivity index (χ3v) is 5.83. The molecular weight excluding hydrogens is 378 g/mol. The van der Waals surface area contributed by atoms with Gasteiger partial charge in [0.05, 0.1) is 22.4 Å². The molecule has 5 heterocycles.